The second-order valence-corrected chi connectivity index (χ2v) is 3.44. The summed E-state index contributed by atoms with van der Waals surface area (Å²) in [6.45, 7) is 10.2. The van der Waals surface area contributed by atoms with E-state index in [9.17, 15) is 0 Å². The zero-order valence-electron chi connectivity index (χ0n) is 10.1. The van der Waals surface area contributed by atoms with E-state index in [0.717, 1.165) is 11.2 Å². The minimum atomic E-state index is 1.05. The monoisotopic (exact) mass is 202 g/mol. The van der Waals surface area contributed by atoms with Gasteiger partial charge in [0, 0.05) is 11.1 Å². The molecule has 2 aromatic rings. The molecule has 1 aromatic heterocycles. The molecular weight excluding hydrogens is 184 g/mol. The van der Waals surface area contributed by atoms with Gasteiger partial charge >= 0.3 is 0 Å². The van der Waals surface area contributed by atoms with Gasteiger partial charge in [-0.3, -0.25) is 0 Å². The molecule has 2 heteroatoms. The SMILES string of the molecule is CC.Cc1cc(C)c2ncnc(C)c2c1. The molecule has 15 heavy (non-hydrogen) atoms. The van der Waals surface area contributed by atoms with Crippen molar-refractivity contribution in [2.75, 3.05) is 0 Å². The molecule has 0 spiro atoms. The molecule has 1 heterocycles. The summed E-state index contributed by atoms with van der Waals surface area (Å²) in [6, 6.07) is 4.28. The van der Waals surface area contributed by atoms with E-state index in [4.69, 9.17) is 0 Å². The smallest absolute Gasteiger partial charge is 0.116 e. The molecule has 0 amide bonds. The van der Waals surface area contributed by atoms with Gasteiger partial charge in [-0.2, -0.15) is 0 Å². The first-order valence-corrected chi connectivity index (χ1v) is 5.37. The third-order valence-electron chi connectivity index (χ3n) is 2.27. The van der Waals surface area contributed by atoms with Crippen LogP contribution in [0, 0.1) is 20.8 Å². The Morgan fingerprint density at radius 3 is 2.27 bits per heavy atom. The van der Waals surface area contributed by atoms with Crippen molar-refractivity contribution in [1.29, 1.82) is 0 Å². The number of hydrogen-bond donors (Lipinski definition) is 0. The molecule has 0 aliphatic carbocycles. The second kappa shape index (κ2) is 4.87. The van der Waals surface area contributed by atoms with Gasteiger partial charge in [0.05, 0.1) is 5.52 Å². The lowest BCUT2D eigenvalue weighted by Gasteiger charge is -2.04. The average Bonchev–Trinajstić information content (AvgIpc) is 2.23. The Kier molecular flexibility index (Phi) is 3.78. The minimum absolute atomic E-state index is 1.05. The highest BCUT2D eigenvalue weighted by molar-refractivity contribution is 5.84. The van der Waals surface area contributed by atoms with Crippen LogP contribution in [0.2, 0.25) is 0 Å². The zero-order chi connectivity index (χ0) is 11.4. The standard InChI is InChI=1S/C11H12N2.C2H6/c1-7-4-8(2)11-10(5-7)9(3)12-6-13-11;1-2/h4-6H,1-3H3;1-2H3. The van der Waals surface area contributed by atoms with Crippen LogP contribution in [0.4, 0.5) is 0 Å². The van der Waals surface area contributed by atoms with Crippen molar-refractivity contribution in [3.05, 3.63) is 35.3 Å². The lowest BCUT2D eigenvalue weighted by Crippen LogP contribution is -1.90. The van der Waals surface area contributed by atoms with Gasteiger partial charge in [0.1, 0.15) is 6.33 Å². The van der Waals surface area contributed by atoms with Gasteiger partial charge in [0.2, 0.25) is 0 Å². The molecule has 0 atom stereocenters. The number of aryl methyl sites for hydroxylation is 3. The number of benzene rings is 1. The predicted molar refractivity (Wildman–Crippen MR) is 65.1 cm³/mol. The average molecular weight is 202 g/mol. The first-order chi connectivity index (χ1) is 7.18. The molecule has 2 nitrogen and oxygen atoms in total. The Morgan fingerprint density at radius 1 is 0.933 bits per heavy atom. The Bertz CT molecular complexity index is 461. The molecule has 0 aliphatic heterocycles. The van der Waals surface area contributed by atoms with Gasteiger partial charge in [0.25, 0.3) is 0 Å². The quantitative estimate of drug-likeness (QED) is 0.652. The molecule has 0 bridgehead atoms. The fourth-order valence-electron chi connectivity index (χ4n) is 1.65. The summed E-state index contributed by atoms with van der Waals surface area (Å²) < 4.78 is 0. The Balaban J connectivity index is 0.000000531. The van der Waals surface area contributed by atoms with Crippen LogP contribution in [0.3, 0.4) is 0 Å². The Morgan fingerprint density at radius 2 is 1.60 bits per heavy atom. The van der Waals surface area contributed by atoms with E-state index < -0.39 is 0 Å². The molecule has 1 aromatic carbocycles. The first-order valence-electron chi connectivity index (χ1n) is 5.37. The van der Waals surface area contributed by atoms with E-state index in [-0.39, 0.29) is 0 Å². The minimum Gasteiger partial charge on any atom is -0.241 e. The largest absolute Gasteiger partial charge is 0.241 e. The summed E-state index contributed by atoms with van der Waals surface area (Å²) in [6.07, 6.45) is 1.62. The third kappa shape index (κ3) is 2.32. The van der Waals surface area contributed by atoms with Crippen LogP contribution >= 0.6 is 0 Å². The van der Waals surface area contributed by atoms with E-state index in [2.05, 4.69) is 35.9 Å². The van der Waals surface area contributed by atoms with Gasteiger partial charge < -0.3 is 0 Å². The number of aromatic nitrogens is 2. The summed E-state index contributed by atoms with van der Waals surface area (Å²) in [4.78, 5) is 8.45. The molecular formula is C13H18N2. The summed E-state index contributed by atoms with van der Waals surface area (Å²) in [5.74, 6) is 0. The summed E-state index contributed by atoms with van der Waals surface area (Å²) >= 11 is 0. The first kappa shape index (κ1) is 11.6. The molecule has 0 saturated heterocycles. The van der Waals surface area contributed by atoms with Crippen LogP contribution < -0.4 is 0 Å². The number of fused-ring (bicyclic) bond motifs is 1. The molecule has 0 saturated carbocycles. The fourth-order valence-corrected chi connectivity index (χ4v) is 1.65. The van der Waals surface area contributed by atoms with Crippen LogP contribution in [0.1, 0.15) is 30.7 Å². The van der Waals surface area contributed by atoms with Crippen molar-refractivity contribution < 1.29 is 0 Å². The van der Waals surface area contributed by atoms with Gasteiger partial charge in [0.15, 0.2) is 0 Å². The number of nitrogens with zero attached hydrogens (tertiary/aromatic N) is 2. The van der Waals surface area contributed by atoms with Crippen molar-refractivity contribution in [2.24, 2.45) is 0 Å². The van der Waals surface area contributed by atoms with Crippen LogP contribution in [0.5, 0.6) is 0 Å². The van der Waals surface area contributed by atoms with E-state index in [1.807, 2.05) is 20.8 Å². The van der Waals surface area contributed by atoms with Gasteiger partial charge in [-0.05, 0) is 32.4 Å². The number of hydrogen-bond acceptors (Lipinski definition) is 2. The van der Waals surface area contributed by atoms with Crippen LogP contribution in [-0.4, -0.2) is 9.97 Å². The van der Waals surface area contributed by atoms with Crippen molar-refractivity contribution >= 4 is 10.9 Å². The summed E-state index contributed by atoms with van der Waals surface area (Å²) in [5, 5.41) is 1.17. The Labute approximate surface area is 91.4 Å². The highest BCUT2D eigenvalue weighted by Crippen LogP contribution is 2.19. The van der Waals surface area contributed by atoms with Gasteiger partial charge in [-0.15, -0.1) is 0 Å². The molecule has 0 fully saturated rings. The van der Waals surface area contributed by atoms with Crippen LogP contribution in [0.15, 0.2) is 18.5 Å². The molecule has 2 rings (SSSR count). The van der Waals surface area contributed by atoms with E-state index in [1.165, 1.54) is 16.5 Å². The lowest BCUT2D eigenvalue weighted by molar-refractivity contribution is 1.14. The molecule has 0 N–H and O–H groups in total. The van der Waals surface area contributed by atoms with E-state index in [0.29, 0.717) is 0 Å². The fraction of sp³-hybridized carbons (Fsp3) is 0.385. The third-order valence-corrected chi connectivity index (χ3v) is 2.27. The maximum absolute atomic E-state index is 4.27. The second-order valence-electron chi connectivity index (χ2n) is 3.44. The zero-order valence-corrected chi connectivity index (χ0v) is 10.1. The molecule has 0 radical (unpaired) electrons. The maximum atomic E-state index is 4.27. The highest BCUT2D eigenvalue weighted by atomic mass is 14.8. The van der Waals surface area contributed by atoms with Gasteiger partial charge in [-0.1, -0.05) is 25.5 Å². The van der Waals surface area contributed by atoms with Crippen molar-refractivity contribution in [3.63, 3.8) is 0 Å². The maximum Gasteiger partial charge on any atom is 0.116 e. The lowest BCUT2D eigenvalue weighted by atomic mass is 10.1. The Hall–Kier alpha value is -1.44. The van der Waals surface area contributed by atoms with Crippen LogP contribution in [-0.2, 0) is 0 Å². The highest BCUT2D eigenvalue weighted by Gasteiger charge is 2.02. The number of rotatable bonds is 0. The molecule has 0 aliphatic rings. The van der Waals surface area contributed by atoms with Crippen LogP contribution in [0.25, 0.3) is 10.9 Å². The van der Waals surface area contributed by atoms with Crippen molar-refractivity contribution in [1.82, 2.24) is 9.97 Å². The normalized spacial score (nSPS) is 9.67. The van der Waals surface area contributed by atoms with E-state index in [1.54, 1.807) is 6.33 Å². The van der Waals surface area contributed by atoms with Gasteiger partial charge in [-0.25, -0.2) is 9.97 Å². The van der Waals surface area contributed by atoms with E-state index >= 15 is 0 Å². The summed E-state index contributed by atoms with van der Waals surface area (Å²) in [7, 11) is 0. The topological polar surface area (TPSA) is 25.8 Å². The van der Waals surface area contributed by atoms with Crippen molar-refractivity contribution in [2.45, 2.75) is 34.6 Å². The predicted octanol–water partition coefficient (Wildman–Crippen LogP) is 3.58. The molecule has 0 unspecified atom stereocenters. The molecule has 80 valence electrons. The summed E-state index contributed by atoms with van der Waals surface area (Å²) in [5.41, 5.74) is 4.61. The van der Waals surface area contributed by atoms with Crippen molar-refractivity contribution in [3.8, 4) is 0 Å².